The monoisotopic (exact) mass is 338 g/mol. The van der Waals surface area contributed by atoms with Gasteiger partial charge < -0.3 is 14.6 Å². The van der Waals surface area contributed by atoms with Gasteiger partial charge in [0.05, 0.1) is 11.8 Å². The van der Waals surface area contributed by atoms with Crippen LogP contribution in [0.2, 0.25) is 0 Å². The molecule has 3 rings (SSSR count). The molecule has 0 spiro atoms. The third-order valence-corrected chi connectivity index (χ3v) is 4.46. The van der Waals surface area contributed by atoms with Crippen LogP contribution >= 0.6 is 0 Å². The van der Waals surface area contributed by atoms with Crippen LogP contribution in [0.3, 0.4) is 0 Å². The number of likely N-dealkylation sites (tertiary alicyclic amines) is 1. The van der Waals surface area contributed by atoms with Crippen molar-refractivity contribution in [1.82, 2.24) is 10.2 Å². The first-order valence-electron chi connectivity index (χ1n) is 8.55. The Morgan fingerprint density at radius 1 is 1.16 bits per heavy atom. The van der Waals surface area contributed by atoms with Crippen molar-refractivity contribution >= 4 is 17.9 Å². The van der Waals surface area contributed by atoms with Crippen molar-refractivity contribution in [2.24, 2.45) is 5.92 Å². The molecule has 0 atom stereocenters. The Morgan fingerprint density at radius 3 is 2.60 bits per heavy atom. The number of nitrogens with one attached hydrogen (secondary N) is 1. The van der Waals surface area contributed by atoms with Crippen LogP contribution in [0.4, 0.5) is 0 Å². The van der Waals surface area contributed by atoms with Crippen LogP contribution in [0.15, 0.2) is 59.4 Å². The maximum Gasteiger partial charge on any atom is 0.257 e. The third-order valence-electron chi connectivity index (χ3n) is 4.46. The zero-order valence-electron chi connectivity index (χ0n) is 14.1. The van der Waals surface area contributed by atoms with E-state index < -0.39 is 0 Å². The molecule has 0 unspecified atom stereocenters. The molecule has 1 N–H and O–H groups in total. The maximum absolute atomic E-state index is 12.2. The van der Waals surface area contributed by atoms with Gasteiger partial charge in [0.1, 0.15) is 6.26 Å². The van der Waals surface area contributed by atoms with Gasteiger partial charge in [-0.1, -0.05) is 30.3 Å². The highest BCUT2D eigenvalue weighted by atomic mass is 16.3. The van der Waals surface area contributed by atoms with Gasteiger partial charge in [-0.15, -0.1) is 0 Å². The fraction of sp³-hybridized carbons (Fsp3) is 0.300. The Labute approximate surface area is 147 Å². The minimum absolute atomic E-state index is 0.0158. The average molecular weight is 338 g/mol. The third kappa shape index (κ3) is 4.83. The van der Waals surface area contributed by atoms with Crippen LogP contribution in [-0.4, -0.2) is 36.3 Å². The summed E-state index contributed by atoms with van der Waals surface area (Å²) in [7, 11) is 0. The van der Waals surface area contributed by atoms with E-state index in [1.165, 1.54) is 12.5 Å². The molecular formula is C20H22N2O3. The molecule has 0 saturated carbocycles. The van der Waals surface area contributed by atoms with Crippen LogP contribution in [0.1, 0.15) is 28.8 Å². The second kappa shape index (κ2) is 8.33. The van der Waals surface area contributed by atoms with Gasteiger partial charge in [0.15, 0.2) is 0 Å². The Hall–Kier alpha value is -2.82. The van der Waals surface area contributed by atoms with E-state index in [0.29, 0.717) is 31.1 Å². The van der Waals surface area contributed by atoms with E-state index in [2.05, 4.69) is 5.32 Å². The number of piperidine rings is 1. The number of amides is 2. The molecule has 2 amide bonds. The van der Waals surface area contributed by atoms with Crippen molar-refractivity contribution in [2.45, 2.75) is 12.8 Å². The molecule has 130 valence electrons. The lowest BCUT2D eigenvalue weighted by molar-refractivity contribution is -0.116. The van der Waals surface area contributed by atoms with E-state index in [0.717, 1.165) is 18.4 Å². The van der Waals surface area contributed by atoms with Gasteiger partial charge in [-0.05, 0) is 36.5 Å². The van der Waals surface area contributed by atoms with E-state index in [1.807, 2.05) is 41.3 Å². The number of hydrogen-bond acceptors (Lipinski definition) is 3. The first kappa shape index (κ1) is 17.0. The lowest BCUT2D eigenvalue weighted by atomic mass is 9.96. The zero-order valence-corrected chi connectivity index (χ0v) is 14.1. The van der Waals surface area contributed by atoms with Gasteiger partial charge in [-0.3, -0.25) is 9.59 Å². The largest absolute Gasteiger partial charge is 0.472 e. The van der Waals surface area contributed by atoms with Crippen molar-refractivity contribution in [1.29, 1.82) is 0 Å². The highest BCUT2D eigenvalue weighted by molar-refractivity contribution is 5.94. The number of carbonyl (C=O) groups is 2. The quantitative estimate of drug-likeness (QED) is 0.853. The summed E-state index contributed by atoms with van der Waals surface area (Å²) in [5, 5.41) is 2.95. The number of carbonyl (C=O) groups excluding carboxylic acids is 2. The summed E-state index contributed by atoms with van der Waals surface area (Å²) in [4.78, 5) is 26.0. The highest BCUT2D eigenvalue weighted by Crippen LogP contribution is 2.18. The second-order valence-electron chi connectivity index (χ2n) is 6.24. The first-order chi connectivity index (χ1) is 12.2. The van der Waals surface area contributed by atoms with Crippen molar-refractivity contribution in [3.63, 3.8) is 0 Å². The summed E-state index contributed by atoms with van der Waals surface area (Å²) >= 11 is 0. The van der Waals surface area contributed by atoms with Crippen molar-refractivity contribution < 1.29 is 14.0 Å². The van der Waals surface area contributed by atoms with Crippen LogP contribution in [-0.2, 0) is 4.79 Å². The Bertz CT molecular complexity index is 715. The zero-order chi connectivity index (χ0) is 17.5. The SMILES string of the molecule is O=C(/C=C/c1ccccc1)NCC1CCN(C(=O)c2ccoc2)CC1. The molecule has 5 heteroatoms. The number of nitrogens with zero attached hydrogens (tertiary/aromatic N) is 1. The van der Waals surface area contributed by atoms with E-state index in [4.69, 9.17) is 4.42 Å². The normalized spacial score (nSPS) is 15.4. The molecule has 0 radical (unpaired) electrons. The predicted molar refractivity (Wildman–Crippen MR) is 95.8 cm³/mol. The smallest absolute Gasteiger partial charge is 0.257 e. The van der Waals surface area contributed by atoms with E-state index in [9.17, 15) is 9.59 Å². The Balaban J connectivity index is 1.40. The number of benzene rings is 1. The minimum Gasteiger partial charge on any atom is -0.472 e. The first-order valence-corrected chi connectivity index (χ1v) is 8.55. The second-order valence-corrected chi connectivity index (χ2v) is 6.24. The van der Waals surface area contributed by atoms with Gasteiger partial charge in [0.25, 0.3) is 5.91 Å². The molecule has 1 aliphatic heterocycles. The molecule has 0 bridgehead atoms. The molecule has 5 nitrogen and oxygen atoms in total. The summed E-state index contributed by atoms with van der Waals surface area (Å²) < 4.78 is 4.97. The molecular weight excluding hydrogens is 316 g/mol. The standard InChI is InChI=1S/C20H22N2O3/c23-19(7-6-16-4-2-1-3-5-16)21-14-17-8-11-22(12-9-17)20(24)18-10-13-25-15-18/h1-7,10,13,15,17H,8-9,11-12,14H2,(H,21,23)/b7-6+. The summed E-state index contributed by atoms with van der Waals surface area (Å²) in [5.41, 5.74) is 1.60. The Morgan fingerprint density at radius 2 is 1.92 bits per heavy atom. The molecule has 2 heterocycles. The van der Waals surface area contributed by atoms with Gasteiger partial charge in [0.2, 0.25) is 5.91 Å². The fourth-order valence-corrected chi connectivity index (χ4v) is 2.95. The van der Waals surface area contributed by atoms with Crippen LogP contribution in [0.25, 0.3) is 6.08 Å². The van der Waals surface area contributed by atoms with Crippen LogP contribution < -0.4 is 5.32 Å². The molecule has 2 aromatic rings. The number of hydrogen-bond donors (Lipinski definition) is 1. The van der Waals surface area contributed by atoms with Crippen LogP contribution in [0.5, 0.6) is 0 Å². The van der Waals surface area contributed by atoms with Crippen molar-refractivity contribution in [2.75, 3.05) is 19.6 Å². The molecule has 1 aromatic heterocycles. The van der Waals surface area contributed by atoms with E-state index in [1.54, 1.807) is 12.1 Å². The van der Waals surface area contributed by atoms with Crippen molar-refractivity contribution in [3.8, 4) is 0 Å². The summed E-state index contributed by atoms with van der Waals surface area (Å²) in [5.74, 6) is 0.338. The molecule has 25 heavy (non-hydrogen) atoms. The minimum atomic E-state index is -0.0826. The van der Waals surface area contributed by atoms with Gasteiger partial charge in [-0.25, -0.2) is 0 Å². The van der Waals surface area contributed by atoms with Gasteiger partial charge in [0, 0.05) is 25.7 Å². The maximum atomic E-state index is 12.2. The number of rotatable bonds is 5. The van der Waals surface area contributed by atoms with Gasteiger partial charge in [-0.2, -0.15) is 0 Å². The van der Waals surface area contributed by atoms with Gasteiger partial charge >= 0.3 is 0 Å². The Kier molecular flexibility index (Phi) is 5.67. The molecule has 1 aromatic carbocycles. The number of furan rings is 1. The van der Waals surface area contributed by atoms with E-state index >= 15 is 0 Å². The van der Waals surface area contributed by atoms with Crippen molar-refractivity contribution in [3.05, 3.63) is 66.1 Å². The lowest BCUT2D eigenvalue weighted by Gasteiger charge is -2.31. The van der Waals surface area contributed by atoms with E-state index in [-0.39, 0.29) is 11.8 Å². The molecule has 1 saturated heterocycles. The lowest BCUT2D eigenvalue weighted by Crippen LogP contribution is -2.41. The molecule has 0 aliphatic carbocycles. The highest BCUT2D eigenvalue weighted by Gasteiger charge is 2.24. The molecule has 1 fully saturated rings. The van der Waals surface area contributed by atoms with Crippen LogP contribution in [0, 0.1) is 5.92 Å². The average Bonchev–Trinajstić information content (AvgIpc) is 3.20. The topological polar surface area (TPSA) is 62.6 Å². The summed E-state index contributed by atoms with van der Waals surface area (Å²) in [6.45, 7) is 2.07. The molecule has 1 aliphatic rings. The fourth-order valence-electron chi connectivity index (χ4n) is 2.95. The predicted octanol–water partition coefficient (Wildman–Crippen LogP) is 2.96. The summed E-state index contributed by atoms with van der Waals surface area (Å²) in [6, 6.07) is 11.4. The summed E-state index contributed by atoms with van der Waals surface area (Å²) in [6.07, 6.45) is 8.15.